The highest BCUT2D eigenvalue weighted by Gasteiger charge is 2.16. The highest BCUT2D eigenvalue weighted by molar-refractivity contribution is 5.17. The molecule has 1 nitrogen and oxygen atoms in total. The Morgan fingerprint density at radius 2 is 2.00 bits per heavy atom. The van der Waals surface area contributed by atoms with Gasteiger partial charge in [-0.25, -0.2) is 0 Å². The van der Waals surface area contributed by atoms with Crippen LogP contribution in [0.2, 0.25) is 0 Å². The summed E-state index contributed by atoms with van der Waals surface area (Å²) in [6, 6.07) is 10.5. The summed E-state index contributed by atoms with van der Waals surface area (Å²) in [7, 11) is 0. The van der Waals surface area contributed by atoms with E-state index in [4.69, 9.17) is 4.74 Å². The lowest BCUT2D eigenvalue weighted by atomic mass is 10.1. The van der Waals surface area contributed by atoms with E-state index in [0.29, 0.717) is 0 Å². The first kappa shape index (κ1) is 7.81. The summed E-state index contributed by atoms with van der Waals surface area (Å²) < 4.78 is 5.47. The lowest BCUT2D eigenvalue weighted by Crippen LogP contribution is -1.98. The molecule has 1 heterocycles. The molecule has 1 aromatic rings. The summed E-state index contributed by atoms with van der Waals surface area (Å²) in [5.74, 6) is 0. The van der Waals surface area contributed by atoms with Crippen molar-refractivity contribution in [2.45, 2.75) is 19.3 Å². The van der Waals surface area contributed by atoms with Crippen LogP contribution in [-0.4, -0.2) is 6.61 Å². The van der Waals surface area contributed by atoms with Crippen molar-refractivity contribution < 1.29 is 4.74 Å². The van der Waals surface area contributed by atoms with Crippen molar-refractivity contribution in [2.75, 3.05) is 6.61 Å². The molecule has 0 amide bonds. The molecule has 12 heavy (non-hydrogen) atoms. The first-order chi connectivity index (χ1) is 5.95. The van der Waals surface area contributed by atoms with Gasteiger partial charge in [-0.3, -0.25) is 0 Å². The molecule has 0 atom stereocenters. The molecule has 1 aliphatic rings. The van der Waals surface area contributed by atoms with E-state index in [9.17, 15) is 0 Å². The van der Waals surface area contributed by atoms with Crippen molar-refractivity contribution in [3.05, 3.63) is 42.0 Å². The third-order valence-electron chi connectivity index (χ3n) is 2.15. The molecule has 0 aliphatic carbocycles. The number of hydrogen-bond acceptors (Lipinski definition) is 1. The minimum absolute atomic E-state index is 0.919. The molecule has 1 aliphatic heterocycles. The van der Waals surface area contributed by atoms with Crippen LogP contribution in [0.4, 0.5) is 0 Å². The van der Waals surface area contributed by atoms with Crippen LogP contribution in [0.15, 0.2) is 30.3 Å². The maximum Gasteiger partial charge on any atom is 0.101 e. The van der Waals surface area contributed by atoms with Gasteiger partial charge in [0.05, 0.1) is 0 Å². The van der Waals surface area contributed by atoms with E-state index in [1.54, 1.807) is 0 Å². The lowest BCUT2D eigenvalue weighted by molar-refractivity contribution is 0.195. The molecular weight excluding hydrogens is 148 g/mol. The van der Waals surface area contributed by atoms with E-state index in [1.807, 2.05) is 6.07 Å². The minimum Gasteiger partial charge on any atom is -0.372 e. The second-order valence-electron chi connectivity index (χ2n) is 3.15. The molecule has 1 fully saturated rings. The van der Waals surface area contributed by atoms with Gasteiger partial charge in [0, 0.05) is 13.0 Å². The lowest BCUT2D eigenvalue weighted by Gasteiger charge is -2.06. The van der Waals surface area contributed by atoms with Crippen molar-refractivity contribution >= 4 is 0 Å². The van der Waals surface area contributed by atoms with Crippen LogP contribution in [0, 0.1) is 6.10 Å². The van der Waals surface area contributed by atoms with Gasteiger partial charge >= 0.3 is 0 Å². The normalized spacial score (nSPS) is 18.3. The monoisotopic (exact) mass is 161 g/mol. The Balaban J connectivity index is 1.94. The van der Waals surface area contributed by atoms with E-state index in [0.717, 1.165) is 19.4 Å². The SMILES string of the molecule is c1ccc(C[C]2CCCO2)cc1. The predicted molar refractivity (Wildman–Crippen MR) is 48.6 cm³/mol. The molecule has 0 spiro atoms. The zero-order chi connectivity index (χ0) is 8.23. The van der Waals surface area contributed by atoms with Gasteiger partial charge in [0.1, 0.15) is 6.10 Å². The maximum absolute atomic E-state index is 5.47. The van der Waals surface area contributed by atoms with E-state index in [1.165, 1.54) is 18.1 Å². The van der Waals surface area contributed by atoms with Gasteiger partial charge in [-0.05, 0) is 18.4 Å². The van der Waals surface area contributed by atoms with Crippen molar-refractivity contribution in [3.8, 4) is 0 Å². The van der Waals surface area contributed by atoms with Crippen LogP contribution >= 0.6 is 0 Å². The molecule has 1 aromatic carbocycles. The number of ether oxygens (including phenoxy) is 1. The average Bonchev–Trinajstić information content (AvgIpc) is 2.59. The van der Waals surface area contributed by atoms with Crippen LogP contribution in [0.25, 0.3) is 0 Å². The molecule has 0 aromatic heterocycles. The maximum atomic E-state index is 5.47. The van der Waals surface area contributed by atoms with E-state index in [2.05, 4.69) is 24.3 Å². The highest BCUT2D eigenvalue weighted by Crippen LogP contribution is 2.23. The largest absolute Gasteiger partial charge is 0.372 e. The molecule has 0 unspecified atom stereocenters. The molecule has 1 heteroatoms. The zero-order valence-corrected chi connectivity index (χ0v) is 7.12. The van der Waals surface area contributed by atoms with Crippen molar-refractivity contribution in [2.24, 2.45) is 0 Å². The van der Waals surface area contributed by atoms with E-state index in [-0.39, 0.29) is 0 Å². The summed E-state index contributed by atoms with van der Waals surface area (Å²) in [5, 5.41) is 0. The fourth-order valence-corrected chi connectivity index (χ4v) is 1.52. The molecule has 1 radical (unpaired) electrons. The predicted octanol–water partition coefficient (Wildman–Crippen LogP) is 2.57. The quantitative estimate of drug-likeness (QED) is 0.647. The van der Waals surface area contributed by atoms with Gasteiger partial charge in [-0.15, -0.1) is 0 Å². The van der Waals surface area contributed by atoms with Crippen LogP contribution < -0.4 is 0 Å². The summed E-state index contributed by atoms with van der Waals surface area (Å²) in [4.78, 5) is 0. The van der Waals surface area contributed by atoms with Crippen LogP contribution in [-0.2, 0) is 11.2 Å². The van der Waals surface area contributed by atoms with Gasteiger partial charge in [0.15, 0.2) is 0 Å². The Bertz CT molecular complexity index is 224. The Hall–Kier alpha value is -0.820. The van der Waals surface area contributed by atoms with Crippen molar-refractivity contribution in [1.82, 2.24) is 0 Å². The zero-order valence-electron chi connectivity index (χ0n) is 7.12. The number of benzene rings is 1. The Kier molecular flexibility index (Phi) is 2.42. The molecule has 1 saturated heterocycles. The van der Waals surface area contributed by atoms with Crippen molar-refractivity contribution in [3.63, 3.8) is 0 Å². The van der Waals surface area contributed by atoms with Gasteiger partial charge in [-0.1, -0.05) is 30.3 Å². The Labute approximate surface area is 73.4 Å². The van der Waals surface area contributed by atoms with Gasteiger partial charge < -0.3 is 4.74 Å². The number of rotatable bonds is 2. The topological polar surface area (TPSA) is 9.23 Å². The third-order valence-corrected chi connectivity index (χ3v) is 2.15. The van der Waals surface area contributed by atoms with E-state index >= 15 is 0 Å². The molecule has 63 valence electrons. The minimum atomic E-state index is 0.919. The Morgan fingerprint density at radius 3 is 2.67 bits per heavy atom. The van der Waals surface area contributed by atoms with Crippen molar-refractivity contribution in [1.29, 1.82) is 0 Å². The Morgan fingerprint density at radius 1 is 1.17 bits per heavy atom. The molecule has 2 rings (SSSR count). The number of hydrogen-bond donors (Lipinski definition) is 0. The summed E-state index contributed by atoms with van der Waals surface area (Å²) in [6.45, 7) is 0.919. The first-order valence-corrected chi connectivity index (χ1v) is 4.46. The molecule has 0 bridgehead atoms. The van der Waals surface area contributed by atoms with E-state index < -0.39 is 0 Å². The van der Waals surface area contributed by atoms with Crippen LogP contribution in [0.1, 0.15) is 18.4 Å². The smallest absolute Gasteiger partial charge is 0.101 e. The second kappa shape index (κ2) is 3.72. The van der Waals surface area contributed by atoms with Gasteiger partial charge in [-0.2, -0.15) is 0 Å². The fourth-order valence-electron chi connectivity index (χ4n) is 1.52. The van der Waals surface area contributed by atoms with Gasteiger partial charge in [0.2, 0.25) is 0 Å². The molecular formula is C11H13O. The third kappa shape index (κ3) is 1.86. The standard InChI is InChI=1S/C11H13O/c1-2-5-10(6-3-1)9-11-7-4-8-12-11/h1-3,5-6H,4,7-9H2. The summed E-state index contributed by atoms with van der Waals surface area (Å²) in [6.07, 6.45) is 4.60. The first-order valence-electron chi connectivity index (χ1n) is 4.46. The summed E-state index contributed by atoms with van der Waals surface area (Å²) in [5.41, 5.74) is 1.36. The molecule has 0 saturated carbocycles. The highest BCUT2D eigenvalue weighted by atomic mass is 16.5. The van der Waals surface area contributed by atoms with Crippen LogP contribution in [0.3, 0.4) is 0 Å². The second-order valence-corrected chi connectivity index (χ2v) is 3.15. The average molecular weight is 161 g/mol. The fraction of sp³-hybridized carbons (Fsp3) is 0.364. The summed E-state index contributed by atoms with van der Waals surface area (Å²) >= 11 is 0. The van der Waals surface area contributed by atoms with Gasteiger partial charge in [0.25, 0.3) is 0 Å². The molecule has 0 N–H and O–H groups in total. The van der Waals surface area contributed by atoms with Crippen LogP contribution in [0.5, 0.6) is 0 Å².